The van der Waals surface area contributed by atoms with E-state index in [0.29, 0.717) is 11.8 Å². The highest BCUT2D eigenvalue weighted by molar-refractivity contribution is 5.06. The van der Waals surface area contributed by atoms with Gasteiger partial charge >= 0.3 is 0 Å². The van der Waals surface area contributed by atoms with Crippen molar-refractivity contribution in [3.05, 3.63) is 12.2 Å². The van der Waals surface area contributed by atoms with Gasteiger partial charge in [-0.2, -0.15) is 0 Å². The van der Waals surface area contributed by atoms with Crippen LogP contribution in [-0.4, -0.2) is 19.0 Å². The van der Waals surface area contributed by atoms with Crippen molar-refractivity contribution >= 4 is 0 Å². The van der Waals surface area contributed by atoms with Crippen LogP contribution in [0.15, 0.2) is 12.2 Å². The summed E-state index contributed by atoms with van der Waals surface area (Å²) in [5.74, 6) is 0.800. The van der Waals surface area contributed by atoms with Crippen LogP contribution in [-0.2, 0) is 9.47 Å². The van der Waals surface area contributed by atoms with Gasteiger partial charge in [-0.05, 0) is 25.7 Å². The Kier molecular flexibility index (Phi) is 2.67. The van der Waals surface area contributed by atoms with E-state index in [1.54, 1.807) is 0 Å². The largest absolute Gasteiger partial charge is 0.347 e. The highest BCUT2D eigenvalue weighted by atomic mass is 16.7. The number of ether oxygens (including phenoxy) is 2. The Morgan fingerprint density at radius 3 is 2.50 bits per heavy atom. The van der Waals surface area contributed by atoms with Gasteiger partial charge in [0.1, 0.15) is 0 Å². The molecule has 80 valence electrons. The van der Waals surface area contributed by atoms with Crippen LogP contribution in [0.25, 0.3) is 0 Å². The first-order valence-corrected chi connectivity index (χ1v) is 5.57. The Labute approximate surface area is 86.3 Å². The van der Waals surface area contributed by atoms with Gasteiger partial charge in [0.25, 0.3) is 0 Å². The highest BCUT2D eigenvalue weighted by Gasteiger charge is 2.47. The van der Waals surface area contributed by atoms with Crippen LogP contribution >= 0.6 is 0 Å². The highest BCUT2D eigenvalue weighted by Crippen LogP contribution is 2.45. The second-order valence-electron chi connectivity index (χ2n) is 4.79. The van der Waals surface area contributed by atoms with Crippen LogP contribution in [0.2, 0.25) is 0 Å². The van der Waals surface area contributed by atoms with E-state index in [2.05, 4.69) is 20.4 Å². The molecule has 2 fully saturated rings. The summed E-state index contributed by atoms with van der Waals surface area (Å²) in [7, 11) is 0. The minimum atomic E-state index is -0.316. The summed E-state index contributed by atoms with van der Waals surface area (Å²) >= 11 is 0. The minimum absolute atomic E-state index is 0.316. The van der Waals surface area contributed by atoms with E-state index in [4.69, 9.17) is 9.47 Å². The molecule has 0 amide bonds. The Balaban J connectivity index is 2.18. The van der Waals surface area contributed by atoms with Gasteiger partial charge in [0, 0.05) is 12.3 Å². The lowest BCUT2D eigenvalue weighted by molar-refractivity contribution is -0.211. The van der Waals surface area contributed by atoms with Gasteiger partial charge in [-0.3, -0.25) is 0 Å². The zero-order valence-corrected chi connectivity index (χ0v) is 9.21. The lowest BCUT2D eigenvalue weighted by atomic mass is 9.75. The van der Waals surface area contributed by atoms with E-state index < -0.39 is 0 Å². The van der Waals surface area contributed by atoms with Gasteiger partial charge in [-0.25, -0.2) is 0 Å². The molecule has 0 N–H and O–H groups in total. The van der Waals surface area contributed by atoms with Crippen LogP contribution in [0.5, 0.6) is 0 Å². The van der Waals surface area contributed by atoms with Crippen LogP contribution in [0.3, 0.4) is 0 Å². The van der Waals surface area contributed by atoms with Crippen molar-refractivity contribution in [1.82, 2.24) is 0 Å². The first kappa shape index (κ1) is 10.2. The van der Waals surface area contributed by atoms with Crippen molar-refractivity contribution in [2.45, 2.75) is 38.9 Å². The average molecular weight is 196 g/mol. The van der Waals surface area contributed by atoms with Crippen molar-refractivity contribution in [3.63, 3.8) is 0 Å². The molecule has 14 heavy (non-hydrogen) atoms. The molecule has 0 aromatic carbocycles. The van der Waals surface area contributed by atoms with E-state index >= 15 is 0 Å². The molecule has 2 rings (SSSR count). The second-order valence-corrected chi connectivity index (χ2v) is 4.79. The third kappa shape index (κ3) is 1.61. The van der Waals surface area contributed by atoms with Gasteiger partial charge in [-0.1, -0.05) is 19.1 Å². The summed E-state index contributed by atoms with van der Waals surface area (Å²) in [4.78, 5) is 0. The molecule has 2 nitrogen and oxygen atoms in total. The lowest BCUT2D eigenvalue weighted by Crippen LogP contribution is -2.44. The predicted octanol–water partition coefficient (Wildman–Crippen LogP) is 2.74. The first-order chi connectivity index (χ1) is 6.64. The fourth-order valence-electron chi connectivity index (χ4n) is 2.81. The Morgan fingerprint density at radius 1 is 1.29 bits per heavy atom. The third-order valence-corrected chi connectivity index (χ3v) is 3.48. The predicted molar refractivity (Wildman–Crippen MR) is 56.0 cm³/mol. The van der Waals surface area contributed by atoms with Crippen molar-refractivity contribution in [2.24, 2.45) is 11.8 Å². The summed E-state index contributed by atoms with van der Waals surface area (Å²) in [6.45, 7) is 9.93. The molecule has 2 unspecified atom stereocenters. The summed E-state index contributed by atoms with van der Waals surface area (Å²) in [5, 5.41) is 0. The molecule has 0 aromatic rings. The quantitative estimate of drug-likeness (QED) is 0.600. The van der Waals surface area contributed by atoms with E-state index in [1.807, 2.05) is 0 Å². The Hall–Kier alpha value is -0.340. The summed E-state index contributed by atoms with van der Waals surface area (Å²) in [6.07, 6.45) is 3.47. The summed E-state index contributed by atoms with van der Waals surface area (Å²) < 4.78 is 11.7. The number of rotatable bonds is 1. The Morgan fingerprint density at radius 2 is 1.93 bits per heavy atom. The van der Waals surface area contributed by atoms with Gasteiger partial charge in [0.15, 0.2) is 5.79 Å². The molecule has 1 aliphatic heterocycles. The molecule has 1 heterocycles. The normalized spacial score (nSPS) is 36.1. The van der Waals surface area contributed by atoms with Crippen LogP contribution in [0, 0.1) is 11.8 Å². The number of hydrogen-bond donors (Lipinski definition) is 0. The van der Waals surface area contributed by atoms with E-state index in [9.17, 15) is 0 Å². The van der Waals surface area contributed by atoms with Crippen LogP contribution in [0.4, 0.5) is 0 Å². The molecule has 2 atom stereocenters. The minimum Gasteiger partial charge on any atom is -0.347 e. The van der Waals surface area contributed by atoms with Crippen molar-refractivity contribution < 1.29 is 9.47 Å². The molecule has 2 aliphatic rings. The standard InChI is InChI=1S/C12H20O2/c1-9(2)11-5-4-10(3)8-12(11)13-6-7-14-12/h10-11H,1,4-8H2,2-3H3. The first-order valence-electron chi connectivity index (χ1n) is 5.57. The van der Waals surface area contributed by atoms with Gasteiger partial charge in [0.2, 0.25) is 0 Å². The molecule has 0 aromatic heterocycles. The Bertz CT molecular complexity index is 228. The lowest BCUT2D eigenvalue weighted by Gasteiger charge is -2.42. The van der Waals surface area contributed by atoms with Crippen LogP contribution < -0.4 is 0 Å². The fourth-order valence-corrected chi connectivity index (χ4v) is 2.81. The van der Waals surface area contributed by atoms with E-state index in [-0.39, 0.29) is 5.79 Å². The molecule has 1 saturated carbocycles. The molecule has 2 heteroatoms. The fraction of sp³-hybridized carbons (Fsp3) is 0.833. The summed E-state index contributed by atoms with van der Waals surface area (Å²) in [5.41, 5.74) is 1.21. The summed E-state index contributed by atoms with van der Waals surface area (Å²) in [6, 6.07) is 0. The molecule has 0 radical (unpaired) electrons. The van der Waals surface area contributed by atoms with E-state index in [0.717, 1.165) is 26.1 Å². The average Bonchev–Trinajstić information content (AvgIpc) is 2.52. The molecular formula is C12H20O2. The maximum atomic E-state index is 5.84. The molecule has 1 spiro atoms. The topological polar surface area (TPSA) is 18.5 Å². The van der Waals surface area contributed by atoms with Crippen molar-refractivity contribution in [3.8, 4) is 0 Å². The maximum Gasteiger partial charge on any atom is 0.175 e. The second kappa shape index (κ2) is 3.67. The van der Waals surface area contributed by atoms with Gasteiger partial charge in [-0.15, -0.1) is 0 Å². The van der Waals surface area contributed by atoms with Crippen LogP contribution in [0.1, 0.15) is 33.1 Å². The zero-order valence-electron chi connectivity index (χ0n) is 9.21. The molecule has 1 saturated heterocycles. The molecular weight excluding hydrogens is 176 g/mol. The third-order valence-electron chi connectivity index (χ3n) is 3.48. The maximum absolute atomic E-state index is 5.84. The molecule has 1 aliphatic carbocycles. The van der Waals surface area contributed by atoms with Gasteiger partial charge < -0.3 is 9.47 Å². The number of hydrogen-bond acceptors (Lipinski definition) is 2. The van der Waals surface area contributed by atoms with E-state index in [1.165, 1.54) is 12.0 Å². The van der Waals surface area contributed by atoms with Crippen molar-refractivity contribution in [1.29, 1.82) is 0 Å². The smallest absolute Gasteiger partial charge is 0.175 e. The molecule has 0 bridgehead atoms. The van der Waals surface area contributed by atoms with Crippen molar-refractivity contribution in [2.75, 3.05) is 13.2 Å². The van der Waals surface area contributed by atoms with Gasteiger partial charge in [0.05, 0.1) is 13.2 Å². The SMILES string of the molecule is C=C(C)C1CCC(C)CC12OCCO2. The monoisotopic (exact) mass is 196 g/mol. The zero-order chi connectivity index (χ0) is 10.2.